The predicted octanol–water partition coefficient (Wildman–Crippen LogP) is 3.54. The highest BCUT2D eigenvalue weighted by Crippen LogP contribution is 2.47. The van der Waals surface area contributed by atoms with E-state index in [4.69, 9.17) is 4.65 Å². The molecule has 126 valence electrons. The molecule has 2 aromatic carbocycles. The minimum absolute atomic E-state index is 0.0924. The second-order valence-corrected chi connectivity index (χ2v) is 6.88. The van der Waals surface area contributed by atoms with Crippen LogP contribution in [0.1, 0.15) is 44.7 Å². The van der Waals surface area contributed by atoms with Crippen LogP contribution in [-0.4, -0.2) is 19.1 Å². The smallest absolute Gasteiger partial charge is 0.370 e. The Labute approximate surface area is 147 Å². The molecule has 0 spiro atoms. The largest absolute Gasteiger partial charge is 0.571 e. The van der Waals surface area contributed by atoms with Gasteiger partial charge in [-0.2, -0.15) is 0 Å². The maximum absolute atomic E-state index is 6.75. The Morgan fingerprint density at radius 1 is 0.917 bits per heavy atom. The highest BCUT2D eigenvalue weighted by Gasteiger charge is 2.69. The first-order valence-electron chi connectivity index (χ1n) is 9.33. The maximum atomic E-state index is 6.75. The molecule has 3 heteroatoms. The van der Waals surface area contributed by atoms with Crippen LogP contribution < -0.4 is 4.81 Å². The molecular weight excluding hydrogens is 293 g/mol. The third kappa shape index (κ3) is 2.34. The van der Waals surface area contributed by atoms with Gasteiger partial charge in [0.1, 0.15) is 5.54 Å². The summed E-state index contributed by atoms with van der Waals surface area (Å²) in [5.41, 5.74) is 2.32. The van der Waals surface area contributed by atoms with Crippen LogP contribution in [0.4, 0.5) is 0 Å². The average molecular weight is 322 g/mol. The molecule has 2 aliphatic heterocycles. The lowest BCUT2D eigenvalue weighted by Gasteiger charge is -2.41. The maximum Gasteiger partial charge on any atom is 0.571 e. The zero-order valence-electron chi connectivity index (χ0n) is 15.4. The van der Waals surface area contributed by atoms with Crippen LogP contribution in [0.5, 0.6) is 0 Å². The fourth-order valence-electron chi connectivity index (χ4n) is 4.87. The molecule has 24 heavy (non-hydrogen) atoms. The molecule has 2 aromatic rings. The van der Waals surface area contributed by atoms with E-state index in [0.717, 1.165) is 0 Å². The monoisotopic (exact) mass is 322 g/mol. The summed E-state index contributed by atoms with van der Waals surface area (Å²) in [6.07, 6.45) is 2.48. The van der Waals surface area contributed by atoms with Crippen LogP contribution in [0, 0.1) is 0 Å². The van der Waals surface area contributed by atoms with Gasteiger partial charge in [-0.1, -0.05) is 74.5 Å². The van der Waals surface area contributed by atoms with Crippen molar-refractivity contribution in [2.75, 3.05) is 6.54 Å². The quantitative estimate of drug-likeness (QED) is 0.835. The first-order chi connectivity index (χ1) is 11.7. The number of rotatable bonds is 2. The summed E-state index contributed by atoms with van der Waals surface area (Å²) in [6.45, 7) is 9.85. The molecule has 2 atom stereocenters. The van der Waals surface area contributed by atoms with Crippen molar-refractivity contribution < 1.29 is 9.47 Å². The van der Waals surface area contributed by atoms with Crippen molar-refractivity contribution in [1.82, 2.24) is 0 Å². The SMILES string of the molecule is CB1OC(c2ccccc2)(c2ccccc2)C2(C)CCC[NH+]12.CC. The molecule has 2 fully saturated rings. The Balaban J connectivity index is 0.000000815. The Hall–Kier alpha value is -1.58. The molecule has 0 aromatic heterocycles. The van der Waals surface area contributed by atoms with Crippen LogP contribution in [0.2, 0.25) is 6.82 Å². The normalized spacial score (nSPS) is 27.3. The van der Waals surface area contributed by atoms with Crippen LogP contribution in [0.15, 0.2) is 60.7 Å². The molecule has 1 N–H and O–H groups in total. The third-order valence-corrected chi connectivity index (χ3v) is 5.81. The van der Waals surface area contributed by atoms with Gasteiger partial charge in [0.2, 0.25) is 0 Å². The van der Waals surface area contributed by atoms with Gasteiger partial charge in [0.05, 0.1) is 6.54 Å². The van der Waals surface area contributed by atoms with Gasteiger partial charge in [0, 0.05) is 19.7 Å². The number of fused-ring (bicyclic) bond motifs is 1. The van der Waals surface area contributed by atoms with Crippen molar-refractivity contribution in [3.63, 3.8) is 0 Å². The average Bonchev–Trinajstić information content (AvgIpc) is 3.14. The van der Waals surface area contributed by atoms with Gasteiger partial charge in [-0.05, 0) is 18.1 Å². The lowest BCUT2D eigenvalue weighted by molar-refractivity contribution is -0.830. The lowest BCUT2D eigenvalue weighted by Crippen LogP contribution is -3.21. The van der Waals surface area contributed by atoms with E-state index >= 15 is 0 Å². The Bertz CT molecular complexity index is 621. The van der Waals surface area contributed by atoms with Gasteiger partial charge in [0.25, 0.3) is 0 Å². The molecule has 2 heterocycles. The van der Waals surface area contributed by atoms with E-state index in [9.17, 15) is 0 Å². The number of nitrogens with one attached hydrogen (secondary N) is 1. The molecule has 0 bridgehead atoms. The van der Waals surface area contributed by atoms with Crippen LogP contribution in [0.3, 0.4) is 0 Å². The van der Waals surface area contributed by atoms with Gasteiger partial charge < -0.3 is 9.47 Å². The topological polar surface area (TPSA) is 13.7 Å². The highest BCUT2D eigenvalue weighted by atomic mass is 16.5. The summed E-state index contributed by atoms with van der Waals surface area (Å²) in [5, 5.41) is 0. The molecule has 2 saturated heterocycles. The molecule has 2 nitrogen and oxygen atoms in total. The fourth-order valence-corrected chi connectivity index (χ4v) is 4.87. The van der Waals surface area contributed by atoms with Gasteiger partial charge in [0.15, 0.2) is 5.60 Å². The third-order valence-electron chi connectivity index (χ3n) is 5.81. The zero-order valence-corrected chi connectivity index (χ0v) is 15.4. The molecule has 2 aliphatic rings. The van der Waals surface area contributed by atoms with Gasteiger partial charge in [-0.15, -0.1) is 0 Å². The zero-order chi connectivity index (χ0) is 17.2. The van der Waals surface area contributed by atoms with E-state index in [1.54, 1.807) is 4.81 Å². The van der Waals surface area contributed by atoms with Gasteiger partial charge >= 0.3 is 7.05 Å². The van der Waals surface area contributed by atoms with E-state index in [-0.39, 0.29) is 18.2 Å². The van der Waals surface area contributed by atoms with E-state index in [1.165, 1.54) is 30.5 Å². The second kappa shape index (κ2) is 6.74. The highest BCUT2D eigenvalue weighted by molar-refractivity contribution is 6.41. The van der Waals surface area contributed by atoms with Crippen molar-refractivity contribution in [2.45, 2.75) is 51.6 Å². The molecule has 4 rings (SSSR count). The van der Waals surface area contributed by atoms with Crippen molar-refractivity contribution >= 4 is 7.05 Å². The molecule has 0 radical (unpaired) electrons. The van der Waals surface area contributed by atoms with Crippen LogP contribution in [-0.2, 0) is 10.3 Å². The minimum Gasteiger partial charge on any atom is -0.370 e. The van der Waals surface area contributed by atoms with Crippen molar-refractivity contribution in [3.05, 3.63) is 71.8 Å². The van der Waals surface area contributed by atoms with Gasteiger partial charge in [-0.25, -0.2) is 0 Å². The molecule has 0 saturated carbocycles. The Morgan fingerprint density at radius 2 is 1.42 bits per heavy atom. The van der Waals surface area contributed by atoms with E-state index in [2.05, 4.69) is 74.4 Å². The molecule has 2 unspecified atom stereocenters. The summed E-state index contributed by atoms with van der Waals surface area (Å²) < 4.78 is 6.75. The summed E-state index contributed by atoms with van der Waals surface area (Å²) in [4.78, 5) is 1.60. The van der Waals surface area contributed by atoms with Crippen LogP contribution >= 0.6 is 0 Å². The standard InChI is InChI=1S/C19H22BNO.C2H6/c1-18-14-9-15-21(18)20(2)22-19(18,16-10-5-3-6-11-16)17-12-7-4-8-13-17;1-2/h3-8,10-13H,9,14-15H2,1-2H3;1-2H3/p+1. The first kappa shape index (κ1) is 17.3. The Morgan fingerprint density at radius 3 is 1.92 bits per heavy atom. The number of hydrogen-bond donors (Lipinski definition) is 1. The number of hydrogen-bond acceptors (Lipinski definition) is 1. The summed E-state index contributed by atoms with van der Waals surface area (Å²) in [5.74, 6) is 0. The first-order valence-corrected chi connectivity index (χ1v) is 9.33. The fraction of sp³-hybridized carbons (Fsp3) is 0.429. The van der Waals surface area contributed by atoms with Crippen molar-refractivity contribution in [1.29, 1.82) is 0 Å². The van der Waals surface area contributed by atoms with E-state index < -0.39 is 0 Å². The second-order valence-electron chi connectivity index (χ2n) is 6.88. The minimum atomic E-state index is -0.346. The number of benzene rings is 2. The van der Waals surface area contributed by atoms with E-state index in [1.807, 2.05) is 13.8 Å². The van der Waals surface area contributed by atoms with Crippen molar-refractivity contribution in [2.24, 2.45) is 0 Å². The summed E-state index contributed by atoms with van der Waals surface area (Å²) in [6, 6.07) is 21.6. The molecule has 0 amide bonds. The molecular formula is C21H29BNO+. The summed E-state index contributed by atoms with van der Waals surface area (Å²) >= 11 is 0. The number of quaternary nitrogens is 1. The van der Waals surface area contributed by atoms with E-state index in [0.29, 0.717) is 0 Å². The Kier molecular flexibility index (Phi) is 4.84. The molecule has 0 aliphatic carbocycles. The summed E-state index contributed by atoms with van der Waals surface area (Å²) in [7, 11) is 0.230. The predicted molar refractivity (Wildman–Crippen MR) is 101 cm³/mol. The van der Waals surface area contributed by atoms with Gasteiger partial charge in [-0.3, -0.25) is 0 Å². The van der Waals surface area contributed by atoms with Crippen molar-refractivity contribution in [3.8, 4) is 0 Å². The lowest BCUT2D eigenvalue weighted by atomic mass is 9.70. The van der Waals surface area contributed by atoms with Crippen LogP contribution in [0.25, 0.3) is 0 Å².